The number of aryl methyl sites for hydroxylation is 1. The number of sulfonamides is 1. The fourth-order valence-corrected chi connectivity index (χ4v) is 5.60. The maximum Gasteiger partial charge on any atom is 0.257 e. The van der Waals surface area contributed by atoms with Crippen molar-refractivity contribution in [1.82, 2.24) is 14.3 Å². The van der Waals surface area contributed by atoms with E-state index in [-0.39, 0.29) is 22.9 Å². The van der Waals surface area contributed by atoms with E-state index in [0.29, 0.717) is 36.1 Å². The van der Waals surface area contributed by atoms with Gasteiger partial charge in [-0.05, 0) is 69.4 Å². The number of rotatable bonds is 7. The molecule has 0 saturated carbocycles. The molecule has 2 atom stereocenters. The van der Waals surface area contributed by atoms with Gasteiger partial charge < -0.3 is 0 Å². The Balaban J connectivity index is 1.79. The molecule has 0 fully saturated rings. The van der Waals surface area contributed by atoms with E-state index in [9.17, 15) is 22.0 Å². The summed E-state index contributed by atoms with van der Waals surface area (Å²) in [5.74, 6) is -1.61. The Morgan fingerprint density at radius 3 is 2.66 bits per heavy atom. The molecule has 0 amide bonds. The number of aromatic nitrogens is 2. The highest BCUT2D eigenvalue weighted by Gasteiger charge is 2.35. The average molecular weight is 502 g/mol. The summed E-state index contributed by atoms with van der Waals surface area (Å²) in [6.45, 7) is 5.35. The van der Waals surface area contributed by atoms with Crippen molar-refractivity contribution in [3.05, 3.63) is 87.6 Å². The van der Waals surface area contributed by atoms with Crippen molar-refractivity contribution in [2.24, 2.45) is 0 Å². The molecular weight excluding hydrogens is 472 g/mol. The third kappa shape index (κ3) is 5.36. The van der Waals surface area contributed by atoms with Crippen LogP contribution in [-0.4, -0.2) is 29.8 Å². The maximum absolute atomic E-state index is 14.4. The van der Waals surface area contributed by atoms with Gasteiger partial charge in [-0.3, -0.25) is 9.36 Å². The minimum Gasteiger partial charge on any atom is -0.296 e. The van der Waals surface area contributed by atoms with Crippen molar-refractivity contribution in [2.45, 2.75) is 58.0 Å². The lowest BCUT2D eigenvalue weighted by molar-refractivity contribution is 0.412. The van der Waals surface area contributed by atoms with E-state index in [1.165, 1.54) is 0 Å². The van der Waals surface area contributed by atoms with Gasteiger partial charge in [-0.1, -0.05) is 24.3 Å². The van der Waals surface area contributed by atoms with Gasteiger partial charge in [0.1, 0.15) is 11.6 Å². The van der Waals surface area contributed by atoms with Crippen LogP contribution >= 0.6 is 0 Å². The third-order valence-corrected chi connectivity index (χ3v) is 7.97. The molecule has 0 spiro atoms. The van der Waals surface area contributed by atoms with Crippen LogP contribution in [0.2, 0.25) is 0 Å². The SMILES string of the molecule is CCS(=O)(=O)NC1CCc2ncn(C(C)C)c(=O)c2C1Cc1cccc(-c2cc(F)ccc2F)c1. The minimum atomic E-state index is -3.52. The van der Waals surface area contributed by atoms with Gasteiger partial charge in [0, 0.05) is 29.1 Å². The zero-order chi connectivity index (χ0) is 25.3. The summed E-state index contributed by atoms with van der Waals surface area (Å²) in [5, 5.41) is 0. The van der Waals surface area contributed by atoms with Gasteiger partial charge in [0.2, 0.25) is 10.0 Å². The Kier molecular flexibility index (Phi) is 7.19. The zero-order valence-corrected chi connectivity index (χ0v) is 20.8. The van der Waals surface area contributed by atoms with Crippen LogP contribution in [0.4, 0.5) is 8.78 Å². The number of nitrogens with one attached hydrogen (secondary N) is 1. The Morgan fingerprint density at radius 2 is 1.94 bits per heavy atom. The molecule has 9 heteroatoms. The number of hydrogen-bond donors (Lipinski definition) is 1. The quantitative estimate of drug-likeness (QED) is 0.522. The van der Waals surface area contributed by atoms with E-state index < -0.39 is 33.6 Å². The fraction of sp³-hybridized carbons (Fsp3) is 0.385. The van der Waals surface area contributed by atoms with E-state index in [1.807, 2.05) is 19.9 Å². The zero-order valence-electron chi connectivity index (χ0n) is 20.0. The van der Waals surface area contributed by atoms with Crippen LogP contribution in [0.3, 0.4) is 0 Å². The van der Waals surface area contributed by atoms with Crippen LogP contribution in [0, 0.1) is 11.6 Å². The molecule has 1 N–H and O–H groups in total. The molecule has 186 valence electrons. The van der Waals surface area contributed by atoms with Crippen LogP contribution in [-0.2, 0) is 22.9 Å². The number of halogens is 2. The van der Waals surface area contributed by atoms with Gasteiger partial charge in [0.05, 0.1) is 17.8 Å². The molecule has 0 aliphatic heterocycles. The first-order valence-corrected chi connectivity index (χ1v) is 13.4. The molecule has 2 unspecified atom stereocenters. The predicted molar refractivity (Wildman–Crippen MR) is 132 cm³/mol. The monoisotopic (exact) mass is 501 g/mol. The average Bonchev–Trinajstić information content (AvgIpc) is 2.82. The van der Waals surface area contributed by atoms with Crippen molar-refractivity contribution in [1.29, 1.82) is 0 Å². The van der Waals surface area contributed by atoms with Crippen LogP contribution in [0.15, 0.2) is 53.6 Å². The predicted octanol–water partition coefficient (Wildman–Crippen LogP) is 4.35. The van der Waals surface area contributed by atoms with Crippen LogP contribution in [0.1, 0.15) is 56.0 Å². The Bertz CT molecular complexity index is 1400. The minimum absolute atomic E-state index is 0.0688. The molecule has 3 aromatic rings. The number of fused-ring (bicyclic) bond motifs is 1. The lowest BCUT2D eigenvalue weighted by Crippen LogP contribution is -2.46. The molecule has 2 aromatic carbocycles. The van der Waals surface area contributed by atoms with Crippen molar-refractivity contribution >= 4 is 10.0 Å². The number of hydrogen-bond acceptors (Lipinski definition) is 4. The Labute approximate surface area is 204 Å². The fourth-order valence-electron chi connectivity index (χ4n) is 4.69. The number of benzene rings is 2. The standard InChI is InChI=1S/C26H29F2N3O3S/c1-4-35(33,34)30-23-10-11-24-25(26(32)31(15-29-24)16(2)3)21(23)13-17-6-5-7-18(12-17)20-14-19(27)8-9-22(20)28/h5-9,12,14-16,21,23,30H,4,10-11,13H2,1-3H3. The highest BCUT2D eigenvalue weighted by molar-refractivity contribution is 7.89. The van der Waals surface area contributed by atoms with E-state index in [0.717, 1.165) is 23.8 Å². The first kappa shape index (κ1) is 25.2. The molecule has 1 heterocycles. The lowest BCUT2D eigenvalue weighted by Gasteiger charge is -2.33. The Morgan fingerprint density at radius 1 is 1.17 bits per heavy atom. The van der Waals surface area contributed by atoms with Gasteiger partial charge in [-0.25, -0.2) is 26.9 Å². The molecule has 35 heavy (non-hydrogen) atoms. The van der Waals surface area contributed by atoms with Gasteiger partial charge in [0.25, 0.3) is 5.56 Å². The molecule has 0 radical (unpaired) electrons. The number of nitrogens with zero attached hydrogens (tertiary/aromatic N) is 2. The third-order valence-electron chi connectivity index (χ3n) is 6.55. The highest BCUT2D eigenvalue weighted by atomic mass is 32.2. The summed E-state index contributed by atoms with van der Waals surface area (Å²) in [6.07, 6.45) is 2.89. The van der Waals surface area contributed by atoms with Gasteiger partial charge in [-0.2, -0.15) is 0 Å². The summed E-state index contributed by atoms with van der Waals surface area (Å²) in [5.41, 5.74) is 2.44. The van der Waals surface area contributed by atoms with Crippen LogP contribution in [0.5, 0.6) is 0 Å². The largest absolute Gasteiger partial charge is 0.296 e. The molecule has 6 nitrogen and oxygen atoms in total. The molecule has 0 saturated heterocycles. The highest BCUT2D eigenvalue weighted by Crippen LogP contribution is 2.34. The molecule has 4 rings (SSSR count). The molecular formula is C26H29F2N3O3S. The smallest absolute Gasteiger partial charge is 0.257 e. The first-order valence-electron chi connectivity index (χ1n) is 11.7. The second-order valence-corrected chi connectivity index (χ2v) is 11.3. The van der Waals surface area contributed by atoms with E-state index in [1.54, 1.807) is 36.0 Å². The topological polar surface area (TPSA) is 81.1 Å². The summed E-state index contributed by atoms with van der Waals surface area (Å²) >= 11 is 0. The van der Waals surface area contributed by atoms with Crippen molar-refractivity contribution in [3.63, 3.8) is 0 Å². The van der Waals surface area contributed by atoms with Crippen molar-refractivity contribution < 1.29 is 17.2 Å². The molecule has 1 aromatic heterocycles. The van der Waals surface area contributed by atoms with Gasteiger partial charge in [0.15, 0.2) is 0 Å². The second-order valence-electron chi connectivity index (χ2n) is 9.21. The van der Waals surface area contributed by atoms with E-state index >= 15 is 0 Å². The van der Waals surface area contributed by atoms with E-state index in [2.05, 4.69) is 9.71 Å². The summed E-state index contributed by atoms with van der Waals surface area (Å²) in [7, 11) is -3.52. The normalized spacial score (nSPS) is 18.0. The first-order chi connectivity index (χ1) is 16.6. The summed E-state index contributed by atoms with van der Waals surface area (Å²) < 4.78 is 57.4. The van der Waals surface area contributed by atoms with Gasteiger partial charge in [-0.15, -0.1) is 0 Å². The van der Waals surface area contributed by atoms with Crippen LogP contribution < -0.4 is 10.3 Å². The van der Waals surface area contributed by atoms with E-state index in [4.69, 9.17) is 0 Å². The maximum atomic E-state index is 14.4. The lowest BCUT2D eigenvalue weighted by atomic mass is 9.78. The summed E-state index contributed by atoms with van der Waals surface area (Å²) in [6, 6.07) is 9.76. The van der Waals surface area contributed by atoms with Gasteiger partial charge >= 0.3 is 0 Å². The van der Waals surface area contributed by atoms with Crippen molar-refractivity contribution in [3.8, 4) is 11.1 Å². The molecule has 0 bridgehead atoms. The van der Waals surface area contributed by atoms with Crippen LogP contribution in [0.25, 0.3) is 11.1 Å². The van der Waals surface area contributed by atoms with Crippen molar-refractivity contribution in [2.75, 3.05) is 5.75 Å². The molecule has 1 aliphatic carbocycles. The Hall–Kier alpha value is -2.91. The second kappa shape index (κ2) is 9.99. The summed E-state index contributed by atoms with van der Waals surface area (Å²) in [4.78, 5) is 18.0. The molecule has 1 aliphatic rings.